The lowest BCUT2D eigenvalue weighted by Crippen LogP contribution is -1.87. The molecule has 0 saturated heterocycles. The van der Waals surface area contributed by atoms with Crippen molar-refractivity contribution in [3.8, 4) is 22.3 Å². The molecule has 0 atom stereocenters. The van der Waals surface area contributed by atoms with Crippen LogP contribution in [0.5, 0.6) is 0 Å². The summed E-state index contributed by atoms with van der Waals surface area (Å²) in [7, 11) is 0. The van der Waals surface area contributed by atoms with Gasteiger partial charge in [-0.3, -0.25) is 0 Å². The minimum absolute atomic E-state index is 1.18. The van der Waals surface area contributed by atoms with Crippen LogP contribution in [0, 0.1) is 6.92 Å². The third-order valence-electron chi connectivity index (χ3n) is 5.46. The zero-order valence-corrected chi connectivity index (χ0v) is 17.2. The highest BCUT2D eigenvalue weighted by Gasteiger charge is 2.10. The van der Waals surface area contributed by atoms with Gasteiger partial charge in [-0.1, -0.05) is 91.0 Å². The Balaban J connectivity index is 1.65. The fourth-order valence-corrected chi connectivity index (χ4v) is 4.48. The van der Waals surface area contributed by atoms with Gasteiger partial charge in [0.1, 0.15) is 0 Å². The van der Waals surface area contributed by atoms with Crippen LogP contribution in [0.15, 0.2) is 102 Å². The number of fused-ring (bicyclic) bond motifs is 2. The van der Waals surface area contributed by atoms with E-state index in [2.05, 4.69) is 120 Å². The minimum atomic E-state index is 1.18. The average Bonchev–Trinajstić information content (AvgIpc) is 2.76. The third-order valence-corrected chi connectivity index (χ3v) is 6.51. The molecule has 0 aromatic heterocycles. The van der Waals surface area contributed by atoms with Crippen molar-refractivity contribution in [2.24, 2.45) is 0 Å². The van der Waals surface area contributed by atoms with E-state index in [-0.39, 0.29) is 0 Å². The van der Waals surface area contributed by atoms with Crippen LogP contribution in [0.4, 0.5) is 0 Å². The molecular formula is C27H19Br. The van der Waals surface area contributed by atoms with Crippen LogP contribution in [-0.4, -0.2) is 0 Å². The van der Waals surface area contributed by atoms with Gasteiger partial charge in [0.2, 0.25) is 0 Å². The maximum Gasteiger partial charge on any atom is 0.0283 e. The molecule has 0 fully saturated rings. The Labute approximate surface area is 173 Å². The van der Waals surface area contributed by atoms with Crippen LogP contribution < -0.4 is 0 Å². The highest BCUT2D eigenvalue weighted by atomic mass is 79.9. The summed E-state index contributed by atoms with van der Waals surface area (Å²) in [6.07, 6.45) is 0. The van der Waals surface area contributed by atoms with Crippen molar-refractivity contribution in [2.45, 2.75) is 6.92 Å². The lowest BCUT2D eigenvalue weighted by atomic mass is 9.93. The smallest absolute Gasteiger partial charge is 0.0283 e. The zero-order valence-electron chi connectivity index (χ0n) is 15.6. The zero-order chi connectivity index (χ0) is 19.1. The van der Waals surface area contributed by atoms with Crippen molar-refractivity contribution in [1.29, 1.82) is 0 Å². The second kappa shape index (κ2) is 6.92. The third kappa shape index (κ3) is 2.83. The Hall–Kier alpha value is -2.90. The number of benzene rings is 5. The van der Waals surface area contributed by atoms with E-state index in [1.165, 1.54) is 53.8 Å². The monoisotopic (exact) mass is 422 g/mol. The summed E-state index contributed by atoms with van der Waals surface area (Å²) >= 11 is 3.75. The first-order chi connectivity index (χ1) is 13.7. The van der Waals surface area contributed by atoms with Crippen LogP contribution in [0.2, 0.25) is 0 Å². The van der Waals surface area contributed by atoms with Gasteiger partial charge in [-0.05, 0) is 78.3 Å². The van der Waals surface area contributed by atoms with Gasteiger partial charge in [0.05, 0.1) is 0 Å². The summed E-state index contributed by atoms with van der Waals surface area (Å²) in [5.41, 5.74) is 6.31. The van der Waals surface area contributed by atoms with Gasteiger partial charge in [0, 0.05) is 4.47 Å². The van der Waals surface area contributed by atoms with Crippen molar-refractivity contribution >= 4 is 37.5 Å². The first-order valence-electron chi connectivity index (χ1n) is 9.49. The SMILES string of the molecule is Cc1cc(-c2ccc(-c3cccc4ccccc34)cc2)c2ccccc2c1Br. The van der Waals surface area contributed by atoms with E-state index in [0.29, 0.717) is 0 Å². The molecular weight excluding hydrogens is 404 g/mol. The summed E-state index contributed by atoms with van der Waals surface area (Å²) in [4.78, 5) is 0. The predicted molar refractivity (Wildman–Crippen MR) is 125 cm³/mol. The molecule has 134 valence electrons. The predicted octanol–water partition coefficient (Wildman–Crippen LogP) is 8.40. The van der Waals surface area contributed by atoms with E-state index in [4.69, 9.17) is 0 Å². The molecule has 0 heterocycles. The summed E-state index contributed by atoms with van der Waals surface area (Å²) in [6.45, 7) is 2.16. The molecule has 0 aliphatic carbocycles. The lowest BCUT2D eigenvalue weighted by molar-refractivity contribution is 1.46. The molecule has 5 aromatic carbocycles. The Morgan fingerprint density at radius 1 is 0.536 bits per heavy atom. The first kappa shape index (κ1) is 17.2. The van der Waals surface area contributed by atoms with Crippen molar-refractivity contribution in [1.82, 2.24) is 0 Å². The molecule has 0 radical (unpaired) electrons. The van der Waals surface area contributed by atoms with Gasteiger partial charge in [-0.25, -0.2) is 0 Å². The lowest BCUT2D eigenvalue weighted by Gasteiger charge is -2.13. The maximum absolute atomic E-state index is 3.75. The summed E-state index contributed by atoms with van der Waals surface area (Å²) in [6, 6.07) is 34.9. The van der Waals surface area contributed by atoms with Crippen molar-refractivity contribution in [3.05, 3.63) is 107 Å². The maximum atomic E-state index is 3.75. The molecule has 0 spiro atoms. The molecule has 0 aliphatic rings. The van der Waals surface area contributed by atoms with Crippen LogP contribution in [0.1, 0.15) is 5.56 Å². The number of hydrogen-bond acceptors (Lipinski definition) is 0. The van der Waals surface area contributed by atoms with E-state index in [0.717, 1.165) is 0 Å². The normalized spacial score (nSPS) is 11.2. The van der Waals surface area contributed by atoms with Crippen molar-refractivity contribution < 1.29 is 0 Å². The quantitative estimate of drug-likeness (QED) is 0.267. The number of hydrogen-bond donors (Lipinski definition) is 0. The van der Waals surface area contributed by atoms with Gasteiger partial charge in [-0.2, -0.15) is 0 Å². The van der Waals surface area contributed by atoms with Crippen LogP contribution in [-0.2, 0) is 0 Å². The number of halogens is 1. The summed E-state index contributed by atoms with van der Waals surface area (Å²) in [5.74, 6) is 0. The highest BCUT2D eigenvalue weighted by Crippen LogP contribution is 2.37. The minimum Gasteiger partial charge on any atom is -0.0616 e. The molecule has 0 aliphatic heterocycles. The molecule has 0 nitrogen and oxygen atoms in total. The summed E-state index contributed by atoms with van der Waals surface area (Å²) < 4.78 is 1.18. The second-order valence-corrected chi connectivity index (χ2v) is 8.00. The van der Waals surface area contributed by atoms with E-state index in [1.807, 2.05) is 0 Å². The van der Waals surface area contributed by atoms with Crippen molar-refractivity contribution in [3.63, 3.8) is 0 Å². The summed E-state index contributed by atoms with van der Waals surface area (Å²) in [5, 5.41) is 5.11. The van der Waals surface area contributed by atoms with Crippen LogP contribution >= 0.6 is 15.9 Å². The Bertz CT molecular complexity index is 1310. The average molecular weight is 423 g/mol. The fraction of sp³-hybridized carbons (Fsp3) is 0.0370. The molecule has 28 heavy (non-hydrogen) atoms. The molecule has 5 aromatic rings. The van der Waals surface area contributed by atoms with Crippen LogP contribution in [0.25, 0.3) is 43.8 Å². The molecule has 0 amide bonds. The van der Waals surface area contributed by atoms with Gasteiger partial charge in [0.25, 0.3) is 0 Å². The van der Waals surface area contributed by atoms with Gasteiger partial charge >= 0.3 is 0 Å². The molecule has 5 rings (SSSR count). The number of aryl methyl sites for hydroxylation is 1. The van der Waals surface area contributed by atoms with Gasteiger partial charge in [0.15, 0.2) is 0 Å². The number of rotatable bonds is 2. The van der Waals surface area contributed by atoms with E-state index >= 15 is 0 Å². The van der Waals surface area contributed by atoms with Gasteiger partial charge in [-0.15, -0.1) is 0 Å². The first-order valence-corrected chi connectivity index (χ1v) is 10.3. The van der Waals surface area contributed by atoms with E-state index in [9.17, 15) is 0 Å². The largest absolute Gasteiger partial charge is 0.0616 e. The molecule has 0 bridgehead atoms. The molecule has 0 unspecified atom stereocenters. The van der Waals surface area contributed by atoms with Crippen LogP contribution in [0.3, 0.4) is 0 Å². The van der Waals surface area contributed by atoms with Gasteiger partial charge < -0.3 is 0 Å². The Morgan fingerprint density at radius 2 is 1.11 bits per heavy atom. The van der Waals surface area contributed by atoms with E-state index in [1.54, 1.807) is 0 Å². The topological polar surface area (TPSA) is 0 Å². The molecule has 0 saturated carbocycles. The van der Waals surface area contributed by atoms with Crippen molar-refractivity contribution in [2.75, 3.05) is 0 Å². The Morgan fingerprint density at radius 3 is 1.86 bits per heavy atom. The molecule has 0 N–H and O–H groups in total. The molecule has 1 heteroatoms. The van der Waals surface area contributed by atoms with E-state index < -0.39 is 0 Å². The highest BCUT2D eigenvalue weighted by molar-refractivity contribution is 9.10. The fourth-order valence-electron chi connectivity index (χ4n) is 4.02. The Kier molecular flexibility index (Phi) is 4.26. The second-order valence-electron chi connectivity index (χ2n) is 7.20. The standard InChI is InChI=1S/C27H19Br/c1-18-17-26(24-10-4-5-11-25(24)27(18)28)21-15-13-20(14-16-21)23-12-6-8-19-7-2-3-9-22(19)23/h2-17H,1H3.